The minimum absolute atomic E-state index is 0.119. The average Bonchev–Trinajstić information content (AvgIpc) is 3.24. The van der Waals surface area contributed by atoms with Gasteiger partial charge in [-0.05, 0) is 29.3 Å². The standard InChI is InChI=1S/C27H26FN3O2/c28-21-11-12-22-23(18-29-24(22)17-21)26(27(32)33)31-15-13-30(14-16-31)25(19-7-3-1-4-8-19)20-9-5-2-6-10-20/h1-12,17-18,25-26,29H,13-16H2,(H,32,33)/t26-/m0/s1. The Morgan fingerprint density at radius 1 is 0.848 bits per heavy atom. The van der Waals surface area contributed by atoms with E-state index in [1.165, 1.54) is 23.3 Å². The number of H-pyrrole nitrogens is 1. The van der Waals surface area contributed by atoms with Gasteiger partial charge in [0.2, 0.25) is 0 Å². The van der Waals surface area contributed by atoms with Crippen molar-refractivity contribution in [1.29, 1.82) is 0 Å². The molecule has 5 rings (SSSR count). The van der Waals surface area contributed by atoms with Crippen molar-refractivity contribution in [3.8, 4) is 0 Å². The third-order valence-electron chi connectivity index (χ3n) is 6.51. The van der Waals surface area contributed by atoms with Gasteiger partial charge in [0.05, 0.1) is 6.04 Å². The van der Waals surface area contributed by atoms with E-state index in [1.807, 2.05) is 17.0 Å². The molecular formula is C27H26FN3O2. The summed E-state index contributed by atoms with van der Waals surface area (Å²) in [7, 11) is 0. The van der Waals surface area contributed by atoms with Crippen LogP contribution in [-0.4, -0.2) is 52.0 Å². The van der Waals surface area contributed by atoms with E-state index in [-0.39, 0.29) is 11.9 Å². The lowest BCUT2D eigenvalue weighted by Gasteiger charge is -2.41. The van der Waals surface area contributed by atoms with Crippen LogP contribution in [0.3, 0.4) is 0 Å². The third kappa shape index (κ3) is 4.27. The van der Waals surface area contributed by atoms with Crippen molar-refractivity contribution < 1.29 is 14.3 Å². The van der Waals surface area contributed by atoms with Crippen molar-refractivity contribution in [2.24, 2.45) is 0 Å². The Hall–Kier alpha value is -3.48. The number of nitrogens with zero attached hydrogens (tertiary/aromatic N) is 2. The molecule has 0 aliphatic carbocycles. The summed E-state index contributed by atoms with van der Waals surface area (Å²) >= 11 is 0. The maximum Gasteiger partial charge on any atom is 0.325 e. The number of halogens is 1. The summed E-state index contributed by atoms with van der Waals surface area (Å²) in [6.07, 6.45) is 1.70. The highest BCUT2D eigenvalue weighted by Crippen LogP contribution is 2.33. The van der Waals surface area contributed by atoms with Crippen molar-refractivity contribution in [1.82, 2.24) is 14.8 Å². The zero-order valence-electron chi connectivity index (χ0n) is 18.2. The number of carboxylic acid groups (broad SMARTS) is 1. The molecule has 0 unspecified atom stereocenters. The van der Waals surface area contributed by atoms with E-state index in [2.05, 4.69) is 58.4 Å². The summed E-state index contributed by atoms with van der Waals surface area (Å²) < 4.78 is 13.6. The molecule has 1 aliphatic rings. The van der Waals surface area contributed by atoms with Gasteiger partial charge in [-0.2, -0.15) is 0 Å². The summed E-state index contributed by atoms with van der Waals surface area (Å²) in [5.74, 6) is -1.24. The molecule has 1 aliphatic heterocycles. The van der Waals surface area contributed by atoms with Gasteiger partial charge in [0.1, 0.15) is 11.9 Å². The number of benzene rings is 3. The number of carboxylic acids is 1. The fraction of sp³-hybridized carbons (Fsp3) is 0.222. The molecule has 0 radical (unpaired) electrons. The molecule has 1 fully saturated rings. The van der Waals surface area contributed by atoms with E-state index in [4.69, 9.17) is 0 Å². The van der Waals surface area contributed by atoms with Gasteiger partial charge in [0, 0.05) is 48.8 Å². The number of hydrogen-bond acceptors (Lipinski definition) is 3. The van der Waals surface area contributed by atoms with Crippen molar-refractivity contribution in [2.75, 3.05) is 26.2 Å². The van der Waals surface area contributed by atoms with Gasteiger partial charge in [-0.1, -0.05) is 60.7 Å². The molecule has 2 N–H and O–H groups in total. The van der Waals surface area contributed by atoms with Crippen LogP contribution in [0.1, 0.15) is 28.8 Å². The van der Waals surface area contributed by atoms with Gasteiger partial charge < -0.3 is 10.1 Å². The Kier molecular flexibility index (Phi) is 5.94. The predicted octanol–water partition coefficient (Wildman–Crippen LogP) is 4.84. The molecule has 0 amide bonds. The minimum Gasteiger partial charge on any atom is -0.480 e. The Balaban J connectivity index is 1.40. The number of hydrogen-bond donors (Lipinski definition) is 2. The fourth-order valence-electron chi connectivity index (χ4n) is 4.97. The van der Waals surface area contributed by atoms with E-state index < -0.39 is 12.0 Å². The summed E-state index contributed by atoms with van der Waals surface area (Å²) in [5, 5.41) is 10.8. The molecule has 1 aromatic heterocycles. The molecule has 4 aromatic rings. The molecule has 0 saturated carbocycles. The first-order valence-electron chi connectivity index (χ1n) is 11.2. The van der Waals surface area contributed by atoms with Crippen LogP contribution < -0.4 is 0 Å². The molecular weight excluding hydrogens is 417 g/mol. The highest BCUT2D eigenvalue weighted by molar-refractivity contribution is 5.89. The highest BCUT2D eigenvalue weighted by atomic mass is 19.1. The molecule has 168 valence electrons. The molecule has 3 aromatic carbocycles. The molecule has 0 bridgehead atoms. The summed E-state index contributed by atoms with van der Waals surface area (Å²) in [6.45, 7) is 2.74. The normalized spacial score (nSPS) is 16.3. The SMILES string of the molecule is O=C(O)[C@H](c1c[nH]c2cc(F)ccc12)N1CCN(C(c2ccccc2)c2ccccc2)CC1. The Morgan fingerprint density at radius 2 is 1.42 bits per heavy atom. The second-order valence-corrected chi connectivity index (χ2v) is 8.47. The van der Waals surface area contributed by atoms with Crippen LogP contribution in [0.4, 0.5) is 4.39 Å². The minimum atomic E-state index is -0.892. The zero-order chi connectivity index (χ0) is 22.8. The molecule has 6 heteroatoms. The van der Waals surface area contributed by atoms with Gasteiger partial charge in [-0.25, -0.2) is 4.39 Å². The fourth-order valence-corrected chi connectivity index (χ4v) is 4.97. The van der Waals surface area contributed by atoms with Gasteiger partial charge >= 0.3 is 5.97 Å². The summed E-state index contributed by atoms with van der Waals surface area (Å²) in [5.41, 5.74) is 3.74. The largest absolute Gasteiger partial charge is 0.480 e. The van der Waals surface area contributed by atoms with E-state index in [1.54, 1.807) is 12.3 Å². The molecule has 1 atom stereocenters. The maximum absolute atomic E-state index is 13.6. The predicted molar refractivity (Wildman–Crippen MR) is 127 cm³/mol. The van der Waals surface area contributed by atoms with Crippen molar-refractivity contribution >= 4 is 16.9 Å². The van der Waals surface area contributed by atoms with Gasteiger partial charge in [-0.3, -0.25) is 14.6 Å². The molecule has 5 nitrogen and oxygen atoms in total. The molecule has 0 spiro atoms. The lowest BCUT2D eigenvalue weighted by atomic mass is 9.96. The number of nitrogens with one attached hydrogen (secondary N) is 1. The van der Waals surface area contributed by atoms with Crippen LogP contribution in [0.15, 0.2) is 85.1 Å². The van der Waals surface area contributed by atoms with E-state index in [0.717, 1.165) is 18.5 Å². The monoisotopic (exact) mass is 443 g/mol. The van der Waals surface area contributed by atoms with E-state index in [0.29, 0.717) is 24.2 Å². The lowest BCUT2D eigenvalue weighted by molar-refractivity contribution is -0.144. The van der Waals surface area contributed by atoms with Crippen LogP contribution >= 0.6 is 0 Å². The van der Waals surface area contributed by atoms with Gasteiger partial charge in [0.25, 0.3) is 0 Å². The second kappa shape index (κ2) is 9.17. The summed E-state index contributed by atoms with van der Waals surface area (Å²) in [4.78, 5) is 19.8. The number of aromatic amines is 1. The maximum atomic E-state index is 13.6. The van der Waals surface area contributed by atoms with Crippen molar-refractivity contribution in [2.45, 2.75) is 12.1 Å². The number of carbonyl (C=O) groups is 1. The Morgan fingerprint density at radius 3 is 2.00 bits per heavy atom. The number of fused-ring (bicyclic) bond motifs is 1. The number of aromatic nitrogens is 1. The highest BCUT2D eigenvalue weighted by Gasteiger charge is 2.34. The lowest BCUT2D eigenvalue weighted by Crippen LogP contribution is -2.50. The van der Waals surface area contributed by atoms with Crippen molar-refractivity contribution in [3.05, 3.63) is 108 Å². The Bertz CT molecular complexity index is 1190. The van der Waals surface area contributed by atoms with E-state index >= 15 is 0 Å². The van der Waals surface area contributed by atoms with Crippen LogP contribution in [0.25, 0.3) is 10.9 Å². The van der Waals surface area contributed by atoms with Crippen LogP contribution in [-0.2, 0) is 4.79 Å². The van der Waals surface area contributed by atoms with Gasteiger partial charge in [-0.15, -0.1) is 0 Å². The topological polar surface area (TPSA) is 59.6 Å². The number of rotatable bonds is 6. The third-order valence-corrected chi connectivity index (χ3v) is 6.51. The first-order valence-corrected chi connectivity index (χ1v) is 11.2. The van der Waals surface area contributed by atoms with Crippen LogP contribution in [0.5, 0.6) is 0 Å². The summed E-state index contributed by atoms with van der Waals surface area (Å²) in [6, 6.07) is 24.6. The number of aliphatic carboxylic acids is 1. The van der Waals surface area contributed by atoms with Gasteiger partial charge in [0.15, 0.2) is 0 Å². The quantitative estimate of drug-likeness (QED) is 0.448. The second-order valence-electron chi connectivity index (χ2n) is 8.47. The smallest absolute Gasteiger partial charge is 0.325 e. The molecule has 1 saturated heterocycles. The average molecular weight is 444 g/mol. The van der Waals surface area contributed by atoms with Crippen molar-refractivity contribution in [3.63, 3.8) is 0 Å². The number of piperazine rings is 1. The molecule has 2 heterocycles. The first kappa shape index (κ1) is 21.4. The van der Waals surface area contributed by atoms with Crippen LogP contribution in [0.2, 0.25) is 0 Å². The molecule has 33 heavy (non-hydrogen) atoms. The Labute approximate surface area is 192 Å². The van der Waals surface area contributed by atoms with E-state index in [9.17, 15) is 14.3 Å². The van der Waals surface area contributed by atoms with Crippen LogP contribution in [0, 0.1) is 5.82 Å². The first-order chi connectivity index (χ1) is 16.1. The zero-order valence-corrected chi connectivity index (χ0v) is 18.2.